The Morgan fingerprint density at radius 3 is 2.50 bits per heavy atom. The molecule has 1 heterocycles. The molecule has 1 spiro atoms. The van der Waals surface area contributed by atoms with Crippen molar-refractivity contribution >= 4 is 5.91 Å². The second-order valence-corrected chi connectivity index (χ2v) is 6.57. The van der Waals surface area contributed by atoms with E-state index < -0.39 is 0 Å². The third-order valence-electron chi connectivity index (χ3n) is 5.12. The molecule has 1 amide bonds. The van der Waals surface area contributed by atoms with Gasteiger partial charge in [0.15, 0.2) is 0 Å². The quantitative estimate of drug-likeness (QED) is 0.805. The van der Waals surface area contributed by atoms with Crippen molar-refractivity contribution in [3.63, 3.8) is 0 Å². The SMILES string of the molecule is C[C@H]1CC[C@]2(CCN(Cc3ccc(F)cc3)C2=O)CC1. The highest BCUT2D eigenvalue weighted by Crippen LogP contribution is 2.46. The molecule has 1 saturated heterocycles. The van der Waals surface area contributed by atoms with Crippen LogP contribution in [0.4, 0.5) is 4.39 Å². The van der Waals surface area contributed by atoms with Crippen molar-refractivity contribution in [1.82, 2.24) is 4.90 Å². The summed E-state index contributed by atoms with van der Waals surface area (Å²) >= 11 is 0. The lowest BCUT2D eigenvalue weighted by Gasteiger charge is -2.34. The molecule has 1 aliphatic heterocycles. The molecule has 20 heavy (non-hydrogen) atoms. The average Bonchev–Trinajstić information content (AvgIpc) is 2.74. The summed E-state index contributed by atoms with van der Waals surface area (Å²) in [7, 11) is 0. The van der Waals surface area contributed by atoms with E-state index in [0.717, 1.165) is 37.3 Å². The normalized spacial score (nSPS) is 30.2. The second kappa shape index (κ2) is 5.19. The summed E-state index contributed by atoms with van der Waals surface area (Å²) in [6, 6.07) is 6.48. The number of likely N-dealkylation sites (tertiary alicyclic amines) is 1. The Hall–Kier alpha value is -1.38. The van der Waals surface area contributed by atoms with E-state index in [1.54, 1.807) is 12.1 Å². The molecule has 1 aromatic carbocycles. The summed E-state index contributed by atoms with van der Waals surface area (Å²) in [5.41, 5.74) is 0.938. The lowest BCUT2D eigenvalue weighted by atomic mass is 9.70. The number of hydrogen-bond donors (Lipinski definition) is 0. The molecule has 1 aromatic rings. The molecule has 0 N–H and O–H groups in total. The number of hydrogen-bond acceptors (Lipinski definition) is 1. The lowest BCUT2D eigenvalue weighted by molar-refractivity contribution is -0.138. The van der Waals surface area contributed by atoms with Gasteiger partial charge in [0, 0.05) is 13.1 Å². The lowest BCUT2D eigenvalue weighted by Crippen LogP contribution is -2.36. The van der Waals surface area contributed by atoms with Crippen LogP contribution in [0.5, 0.6) is 0 Å². The standard InChI is InChI=1S/C17H22FNO/c1-13-6-8-17(9-7-13)10-11-19(16(17)20)12-14-2-4-15(18)5-3-14/h2-5,13H,6-12H2,1H3/t13-,17+. The maximum atomic E-state index is 12.9. The Balaban J connectivity index is 1.68. The molecule has 2 fully saturated rings. The van der Waals surface area contributed by atoms with Crippen LogP contribution < -0.4 is 0 Å². The van der Waals surface area contributed by atoms with Crippen molar-refractivity contribution in [2.45, 2.75) is 45.6 Å². The maximum absolute atomic E-state index is 12.9. The molecular formula is C17H22FNO. The first kappa shape index (κ1) is 13.6. The highest BCUT2D eigenvalue weighted by atomic mass is 19.1. The zero-order valence-corrected chi connectivity index (χ0v) is 12.1. The minimum Gasteiger partial charge on any atom is -0.338 e. The summed E-state index contributed by atoms with van der Waals surface area (Å²) in [4.78, 5) is 14.7. The van der Waals surface area contributed by atoms with Crippen molar-refractivity contribution in [2.24, 2.45) is 11.3 Å². The van der Waals surface area contributed by atoms with Gasteiger partial charge >= 0.3 is 0 Å². The fraction of sp³-hybridized carbons (Fsp3) is 0.588. The van der Waals surface area contributed by atoms with Gasteiger partial charge in [-0.1, -0.05) is 19.1 Å². The van der Waals surface area contributed by atoms with Gasteiger partial charge in [0.2, 0.25) is 5.91 Å². The fourth-order valence-electron chi connectivity index (χ4n) is 3.63. The molecule has 1 saturated carbocycles. The van der Waals surface area contributed by atoms with Gasteiger partial charge in [-0.25, -0.2) is 4.39 Å². The van der Waals surface area contributed by atoms with E-state index >= 15 is 0 Å². The topological polar surface area (TPSA) is 20.3 Å². The number of carbonyl (C=O) groups excluding carboxylic acids is 1. The van der Waals surface area contributed by atoms with Gasteiger partial charge in [0.25, 0.3) is 0 Å². The van der Waals surface area contributed by atoms with E-state index in [4.69, 9.17) is 0 Å². The predicted octanol–water partition coefficient (Wildman–Crippen LogP) is 3.75. The number of amides is 1. The third kappa shape index (κ3) is 2.46. The molecule has 2 nitrogen and oxygen atoms in total. The molecule has 1 aliphatic carbocycles. The van der Waals surface area contributed by atoms with Crippen molar-refractivity contribution in [2.75, 3.05) is 6.54 Å². The van der Waals surface area contributed by atoms with E-state index in [-0.39, 0.29) is 11.2 Å². The molecule has 3 rings (SSSR count). The zero-order valence-electron chi connectivity index (χ0n) is 12.1. The molecule has 0 aromatic heterocycles. The van der Waals surface area contributed by atoms with E-state index in [1.807, 2.05) is 4.90 Å². The van der Waals surface area contributed by atoms with Crippen LogP contribution in [0.1, 0.15) is 44.6 Å². The van der Waals surface area contributed by atoms with Crippen LogP contribution in [0.25, 0.3) is 0 Å². The minimum atomic E-state index is -0.223. The summed E-state index contributed by atoms with van der Waals surface area (Å²) in [6.45, 7) is 3.75. The van der Waals surface area contributed by atoms with Crippen LogP contribution in [0.15, 0.2) is 24.3 Å². The van der Waals surface area contributed by atoms with Gasteiger partial charge in [0.1, 0.15) is 5.82 Å². The smallest absolute Gasteiger partial charge is 0.229 e. The molecule has 3 heteroatoms. The van der Waals surface area contributed by atoms with Gasteiger partial charge in [0.05, 0.1) is 5.41 Å². The van der Waals surface area contributed by atoms with E-state index in [1.165, 1.54) is 25.0 Å². The maximum Gasteiger partial charge on any atom is 0.229 e. The third-order valence-corrected chi connectivity index (χ3v) is 5.12. The van der Waals surface area contributed by atoms with Gasteiger partial charge < -0.3 is 4.90 Å². The van der Waals surface area contributed by atoms with Crippen LogP contribution in [-0.4, -0.2) is 17.4 Å². The van der Waals surface area contributed by atoms with E-state index in [0.29, 0.717) is 12.5 Å². The molecule has 108 valence electrons. The number of rotatable bonds is 2. The molecule has 0 radical (unpaired) electrons. The summed E-state index contributed by atoms with van der Waals surface area (Å²) in [6.07, 6.45) is 5.45. The van der Waals surface area contributed by atoms with Crippen molar-refractivity contribution in [1.29, 1.82) is 0 Å². The highest BCUT2D eigenvalue weighted by Gasteiger charge is 2.47. The second-order valence-electron chi connectivity index (χ2n) is 6.57. The van der Waals surface area contributed by atoms with Crippen molar-refractivity contribution < 1.29 is 9.18 Å². The first-order chi connectivity index (χ1) is 9.59. The van der Waals surface area contributed by atoms with E-state index in [2.05, 4.69) is 6.92 Å². The van der Waals surface area contributed by atoms with Gasteiger partial charge in [-0.15, -0.1) is 0 Å². The summed E-state index contributed by atoms with van der Waals surface area (Å²) < 4.78 is 12.9. The zero-order chi connectivity index (χ0) is 14.2. The summed E-state index contributed by atoms with van der Waals surface area (Å²) in [5.74, 6) is 0.868. The van der Waals surface area contributed by atoms with Gasteiger partial charge in [-0.05, 0) is 55.7 Å². The first-order valence-corrected chi connectivity index (χ1v) is 7.63. The first-order valence-electron chi connectivity index (χ1n) is 7.63. The number of benzene rings is 1. The molecule has 0 atom stereocenters. The fourth-order valence-corrected chi connectivity index (χ4v) is 3.63. The number of nitrogens with zero attached hydrogens (tertiary/aromatic N) is 1. The average molecular weight is 275 g/mol. The Labute approximate surface area is 120 Å². The highest BCUT2D eigenvalue weighted by molar-refractivity contribution is 5.84. The molecular weight excluding hydrogens is 253 g/mol. The number of halogens is 1. The largest absolute Gasteiger partial charge is 0.338 e. The van der Waals surface area contributed by atoms with Gasteiger partial charge in [-0.3, -0.25) is 4.79 Å². The Bertz CT molecular complexity index is 488. The van der Waals surface area contributed by atoms with Gasteiger partial charge in [-0.2, -0.15) is 0 Å². The van der Waals surface area contributed by atoms with Crippen molar-refractivity contribution in [3.8, 4) is 0 Å². The van der Waals surface area contributed by atoms with Crippen LogP contribution in [0.2, 0.25) is 0 Å². The summed E-state index contributed by atoms with van der Waals surface area (Å²) in [5, 5.41) is 0. The van der Waals surface area contributed by atoms with Crippen molar-refractivity contribution in [3.05, 3.63) is 35.6 Å². The van der Waals surface area contributed by atoms with Crippen LogP contribution in [-0.2, 0) is 11.3 Å². The Kier molecular flexibility index (Phi) is 3.53. The molecule has 0 bridgehead atoms. The Morgan fingerprint density at radius 1 is 1.20 bits per heavy atom. The molecule has 2 aliphatic rings. The number of carbonyl (C=O) groups is 1. The molecule has 0 unspecified atom stereocenters. The van der Waals surface area contributed by atoms with Crippen LogP contribution in [0, 0.1) is 17.2 Å². The van der Waals surface area contributed by atoms with Crippen LogP contribution >= 0.6 is 0 Å². The van der Waals surface area contributed by atoms with E-state index in [9.17, 15) is 9.18 Å². The van der Waals surface area contributed by atoms with Crippen LogP contribution in [0.3, 0.4) is 0 Å². The monoisotopic (exact) mass is 275 g/mol. The Morgan fingerprint density at radius 2 is 1.85 bits per heavy atom. The minimum absolute atomic E-state index is 0.0768. The predicted molar refractivity (Wildman–Crippen MR) is 76.5 cm³/mol.